The lowest BCUT2D eigenvalue weighted by Crippen LogP contribution is -2.06. The Hall–Kier alpha value is -1.86. The number of halogens is 1. The number of nitrogens with one attached hydrogen (secondary N) is 3. The van der Waals surface area contributed by atoms with Gasteiger partial charge in [0.1, 0.15) is 16.1 Å². The summed E-state index contributed by atoms with van der Waals surface area (Å²) in [5.74, 6) is 0.384. The number of fused-ring (bicyclic) bond motifs is 1. The summed E-state index contributed by atoms with van der Waals surface area (Å²) in [4.78, 5) is 21.4. The summed E-state index contributed by atoms with van der Waals surface area (Å²) < 4.78 is 5.78. The van der Waals surface area contributed by atoms with Gasteiger partial charge in [0.25, 0.3) is 0 Å². The molecule has 0 saturated heterocycles. The van der Waals surface area contributed by atoms with Crippen LogP contribution in [0.3, 0.4) is 0 Å². The van der Waals surface area contributed by atoms with Gasteiger partial charge in [-0.2, -0.15) is 0 Å². The molecule has 98 valence electrons. The minimum atomic E-state index is -0.455. The number of oxazole rings is 1. The predicted octanol–water partition coefficient (Wildman–Crippen LogP) is 1.99. The van der Waals surface area contributed by atoms with E-state index in [1.54, 1.807) is 6.07 Å². The molecule has 0 aliphatic rings. The first kappa shape index (κ1) is 12.2. The van der Waals surface area contributed by atoms with Crippen molar-refractivity contribution in [3.05, 3.63) is 39.2 Å². The van der Waals surface area contributed by atoms with Crippen LogP contribution >= 0.6 is 15.9 Å². The fourth-order valence-corrected chi connectivity index (χ4v) is 2.49. The van der Waals surface area contributed by atoms with Gasteiger partial charge in [-0.25, -0.2) is 9.78 Å². The van der Waals surface area contributed by atoms with Crippen molar-refractivity contribution in [3.8, 4) is 11.3 Å². The number of H-pyrrole nitrogens is 2. The van der Waals surface area contributed by atoms with Gasteiger partial charge in [0, 0.05) is 5.56 Å². The van der Waals surface area contributed by atoms with E-state index in [0.717, 1.165) is 21.7 Å². The summed E-state index contributed by atoms with van der Waals surface area (Å²) in [6, 6.07) is 5.45. The van der Waals surface area contributed by atoms with Gasteiger partial charge in [0.2, 0.25) is 0 Å². The highest BCUT2D eigenvalue weighted by atomic mass is 79.9. The van der Waals surface area contributed by atoms with Crippen LogP contribution in [0.5, 0.6) is 0 Å². The number of benzene rings is 1. The van der Waals surface area contributed by atoms with Crippen LogP contribution in [0, 0.1) is 0 Å². The molecular formula is C12H11BrN4O2. The Balaban J connectivity index is 2.10. The lowest BCUT2D eigenvalue weighted by molar-refractivity contribution is 0.555. The molecule has 0 spiro atoms. The van der Waals surface area contributed by atoms with Gasteiger partial charge in [-0.05, 0) is 41.2 Å². The molecule has 0 aliphatic heterocycles. The van der Waals surface area contributed by atoms with Gasteiger partial charge >= 0.3 is 5.76 Å². The van der Waals surface area contributed by atoms with Crippen molar-refractivity contribution >= 4 is 27.0 Å². The molecule has 2 heterocycles. The highest BCUT2D eigenvalue weighted by Gasteiger charge is 2.11. The van der Waals surface area contributed by atoms with E-state index < -0.39 is 5.76 Å². The average Bonchev–Trinajstić information content (AvgIpc) is 2.90. The van der Waals surface area contributed by atoms with Crippen molar-refractivity contribution < 1.29 is 4.42 Å². The second-order valence-electron chi connectivity index (χ2n) is 4.10. The zero-order valence-electron chi connectivity index (χ0n) is 10.1. The van der Waals surface area contributed by atoms with E-state index in [1.165, 1.54) is 0 Å². The molecule has 7 heteroatoms. The molecule has 0 bridgehead atoms. The lowest BCUT2D eigenvalue weighted by Gasteiger charge is -1.97. The number of nitrogens with zero attached hydrogens (tertiary/aromatic N) is 1. The molecule has 0 amide bonds. The molecule has 3 aromatic rings. The molecule has 3 rings (SSSR count). The molecule has 2 aromatic heterocycles. The topological polar surface area (TPSA) is 86.7 Å². The van der Waals surface area contributed by atoms with Crippen LogP contribution in [0.25, 0.3) is 22.4 Å². The van der Waals surface area contributed by atoms with Crippen LogP contribution in [0.2, 0.25) is 0 Å². The third kappa shape index (κ3) is 2.22. The maximum absolute atomic E-state index is 11.1. The van der Waals surface area contributed by atoms with Crippen molar-refractivity contribution in [3.63, 3.8) is 0 Å². The van der Waals surface area contributed by atoms with Crippen molar-refractivity contribution in [2.75, 3.05) is 7.05 Å². The van der Waals surface area contributed by atoms with Gasteiger partial charge in [-0.3, -0.25) is 4.98 Å². The molecular weight excluding hydrogens is 312 g/mol. The van der Waals surface area contributed by atoms with Crippen molar-refractivity contribution in [2.45, 2.75) is 6.54 Å². The fourth-order valence-electron chi connectivity index (χ4n) is 1.94. The molecule has 0 fully saturated rings. The van der Waals surface area contributed by atoms with E-state index >= 15 is 0 Å². The van der Waals surface area contributed by atoms with E-state index in [4.69, 9.17) is 4.42 Å². The smallest absolute Gasteiger partial charge is 0.408 e. The van der Waals surface area contributed by atoms with E-state index in [-0.39, 0.29) is 0 Å². The number of aromatic amines is 2. The summed E-state index contributed by atoms with van der Waals surface area (Å²) in [7, 11) is 1.86. The summed E-state index contributed by atoms with van der Waals surface area (Å²) >= 11 is 3.45. The second-order valence-corrected chi connectivity index (χ2v) is 4.89. The van der Waals surface area contributed by atoms with Crippen LogP contribution in [0.15, 0.2) is 32.0 Å². The van der Waals surface area contributed by atoms with Crippen molar-refractivity contribution in [1.29, 1.82) is 0 Å². The summed E-state index contributed by atoms with van der Waals surface area (Å²) in [6.45, 7) is 0.656. The summed E-state index contributed by atoms with van der Waals surface area (Å²) in [5, 5.41) is 3.03. The first-order valence-corrected chi connectivity index (χ1v) is 6.49. The largest absolute Gasteiger partial charge is 0.417 e. The zero-order chi connectivity index (χ0) is 13.4. The molecule has 6 nitrogen and oxygen atoms in total. The predicted molar refractivity (Wildman–Crippen MR) is 74.9 cm³/mol. The Kier molecular flexibility index (Phi) is 3.00. The lowest BCUT2D eigenvalue weighted by atomic mass is 10.1. The van der Waals surface area contributed by atoms with Crippen LogP contribution < -0.4 is 11.1 Å². The molecule has 0 unspecified atom stereocenters. The van der Waals surface area contributed by atoms with Crippen LogP contribution in [-0.4, -0.2) is 22.0 Å². The molecule has 19 heavy (non-hydrogen) atoms. The normalized spacial score (nSPS) is 11.3. The fraction of sp³-hybridized carbons (Fsp3) is 0.167. The molecule has 1 aromatic carbocycles. The second kappa shape index (κ2) is 4.67. The number of hydrogen-bond donors (Lipinski definition) is 3. The highest BCUT2D eigenvalue weighted by molar-refractivity contribution is 9.10. The highest BCUT2D eigenvalue weighted by Crippen LogP contribution is 2.27. The van der Waals surface area contributed by atoms with Crippen LogP contribution in [0.1, 0.15) is 5.82 Å². The third-order valence-electron chi connectivity index (χ3n) is 2.75. The summed E-state index contributed by atoms with van der Waals surface area (Å²) in [6.07, 6.45) is 0. The quantitative estimate of drug-likeness (QED) is 0.688. The Morgan fingerprint density at radius 1 is 1.42 bits per heavy atom. The van der Waals surface area contributed by atoms with Crippen molar-refractivity contribution in [2.24, 2.45) is 0 Å². The van der Waals surface area contributed by atoms with Crippen LogP contribution in [-0.2, 0) is 6.54 Å². The Bertz CT molecular complexity index is 786. The van der Waals surface area contributed by atoms with E-state index in [0.29, 0.717) is 17.6 Å². The van der Waals surface area contributed by atoms with Gasteiger partial charge < -0.3 is 14.7 Å². The van der Waals surface area contributed by atoms with E-state index in [9.17, 15) is 4.79 Å². The number of hydrogen-bond acceptors (Lipinski definition) is 4. The first-order valence-electron chi connectivity index (χ1n) is 5.69. The van der Waals surface area contributed by atoms with Gasteiger partial charge in [0.05, 0.1) is 12.1 Å². The van der Waals surface area contributed by atoms with Gasteiger partial charge in [0.15, 0.2) is 5.58 Å². The molecule has 0 saturated carbocycles. The standard InChI is InChI=1S/C12H11BrN4O2/c1-14-5-9-16-10(11(13)17-9)6-2-3-8-7(4-6)15-12(18)19-8/h2-4,14H,5H2,1H3,(H,15,18)(H,16,17). The maximum Gasteiger partial charge on any atom is 0.417 e. The van der Waals surface area contributed by atoms with Gasteiger partial charge in [-0.1, -0.05) is 0 Å². The van der Waals surface area contributed by atoms with Crippen molar-refractivity contribution in [1.82, 2.24) is 20.3 Å². The molecule has 0 atom stereocenters. The Morgan fingerprint density at radius 2 is 2.26 bits per heavy atom. The molecule has 3 N–H and O–H groups in total. The molecule has 0 aliphatic carbocycles. The Labute approximate surface area is 116 Å². The zero-order valence-corrected chi connectivity index (χ0v) is 11.7. The Morgan fingerprint density at radius 3 is 3.05 bits per heavy atom. The maximum atomic E-state index is 11.1. The van der Waals surface area contributed by atoms with E-state index in [1.807, 2.05) is 19.2 Å². The average molecular weight is 323 g/mol. The van der Waals surface area contributed by atoms with E-state index in [2.05, 4.69) is 36.2 Å². The minimum Gasteiger partial charge on any atom is -0.408 e. The monoisotopic (exact) mass is 322 g/mol. The third-order valence-corrected chi connectivity index (χ3v) is 3.32. The minimum absolute atomic E-state index is 0.455. The van der Waals surface area contributed by atoms with Crippen LogP contribution in [0.4, 0.5) is 0 Å². The summed E-state index contributed by atoms with van der Waals surface area (Å²) in [5.41, 5.74) is 2.90. The van der Waals surface area contributed by atoms with Gasteiger partial charge in [-0.15, -0.1) is 0 Å². The molecule has 0 radical (unpaired) electrons. The number of imidazole rings is 1. The first-order chi connectivity index (χ1) is 9.17. The SMILES string of the molecule is CNCc1nc(-c2ccc3oc(=O)[nH]c3c2)c(Br)[nH]1. The number of aromatic nitrogens is 3. The number of rotatable bonds is 3.